The van der Waals surface area contributed by atoms with E-state index in [-0.39, 0.29) is 24.8 Å². The van der Waals surface area contributed by atoms with E-state index in [1.165, 1.54) is 25.7 Å². The van der Waals surface area contributed by atoms with Crippen molar-refractivity contribution in [1.29, 1.82) is 0 Å². The molecule has 0 unspecified atom stereocenters. The van der Waals surface area contributed by atoms with Crippen LogP contribution in [0.2, 0.25) is 0 Å². The normalized spacial score (nSPS) is 20.7. The van der Waals surface area contributed by atoms with Gasteiger partial charge in [0.2, 0.25) is 5.95 Å². The van der Waals surface area contributed by atoms with E-state index in [0.717, 1.165) is 54.1 Å². The Morgan fingerprint density at radius 2 is 1.67 bits per heavy atom. The first-order valence-electron chi connectivity index (χ1n) is 11.4. The fourth-order valence-electron chi connectivity index (χ4n) is 4.78. The van der Waals surface area contributed by atoms with Crippen molar-refractivity contribution in [3.8, 4) is 5.75 Å². The van der Waals surface area contributed by atoms with Crippen molar-refractivity contribution in [1.82, 2.24) is 19.5 Å². The van der Waals surface area contributed by atoms with Crippen LogP contribution >= 0.6 is 24.8 Å². The molecule has 8 nitrogen and oxygen atoms in total. The second-order valence-corrected chi connectivity index (χ2v) is 8.77. The molecule has 180 valence electrons. The highest BCUT2D eigenvalue weighted by molar-refractivity contribution is 5.87. The standard InChI is InChI=1S/C23H31N7O.2ClH/c1-31-19-12-10-16(11-13-19)26-21-20-22(30(14-25-20)18-4-2-3-5-18)29-23(28-21)27-17-8-6-15(24)7-9-17;;/h10-15,17-18H,2-9,24H2,1H3,(H2,26,27,28,29);2*1H. The Bertz CT molecular complexity index is 1030. The van der Waals surface area contributed by atoms with Gasteiger partial charge in [-0.15, -0.1) is 24.8 Å². The zero-order valence-electron chi connectivity index (χ0n) is 18.9. The van der Waals surface area contributed by atoms with Gasteiger partial charge >= 0.3 is 0 Å². The molecular weight excluding hydrogens is 461 g/mol. The van der Waals surface area contributed by atoms with Crippen LogP contribution < -0.4 is 21.1 Å². The van der Waals surface area contributed by atoms with Crippen LogP contribution in [0.4, 0.5) is 17.5 Å². The summed E-state index contributed by atoms with van der Waals surface area (Å²) >= 11 is 0. The second-order valence-electron chi connectivity index (χ2n) is 8.77. The minimum Gasteiger partial charge on any atom is -0.497 e. The zero-order valence-corrected chi connectivity index (χ0v) is 20.5. The van der Waals surface area contributed by atoms with Gasteiger partial charge in [-0.2, -0.15) is 9.97 Å². The number of fused-ring (bicyclic) bond motifs is 1. The Hall–Kier alpha value is -2.29. The molecule has 2 fully saturated rings. The predicted octanol–water partition coefficient (Wildman–Crippen LogP) is 5.22. The number of halogens is 2. The van der Waals surface area contributed by atoms with Gasteiger partial charge in [0, 0.05) is 23.8 Å². The van der Waals surface area contributed by atoms with Crippen molar-refractivity contribution in [2.75, 3.05) is 17.7 Å². The number of hydrogen-bond donors (Lipinski definition) is 3. The lowest BCUT2D eigenvalue weighted by Gasteiger charge is -2.27. The number of ether oxygens (including phenoxy) is 1. The van der Waals surface area contributed by atoms with Crippen molar-refractivity contribution in [3.05, 3.63) is 30.6 Å². The smallest absolute Gasteiger partial charge is 0.227 e. The van der Waals surface area contributed by atoms with Crippen LogP contribution in [0.1, 0.15) is 57.4 Å². The van der Waals surface area contributed by atoms with E-state index in [1.807, 2.05) is 30.6 Å². The van der Waals surface area contributed by atoms with Crippen molar-refractivity contribution in [3.63, 3.8) is 0 Å². The van der Waals surface area contributed by atoms with Crippen LogP contribution in [-0.4, -0.2) is 38.7 Å². The van der Waals surface area contributed by atoms with Crippen molar-refractivity contribution >= 4 is 53.4 Å². The molecule has 2 aliphatic carbocycles. The maximum Gasteiger partial charge on any atom is 0.227 e. The van der Waals surface area contributed by atoms with Crippen LogP contribution in [0.5, 0.6) is 5.75 Å². The Balaban J connectivity index is 0.00000153. The maximum atomic E-state index is 6.08. The van der Waals surface area contributed by atoms with Crippen LogP contribution in [0.3, 0.4) is 0 Å². The van der Waals surface area contributed by atoms with Gasteiger partial charge in [-0.1, -0.05) is 12.8 Å². The first-order valence-corrected chi connectivity index (χ1v) is 11.4. The third-order valence-corrected chi connectivity index (χ3v) is 6.60. The van der Waals surface area contributed by atoms with Crippen LogP contribution in [0.25, 0.3) is 11.2 Å². The van der Waals surface area contributed by atoms with Gasteiger partial charge in [0.1, 0.15) is 5.75 Å². The van der Waals surface area contributed by atoms with E-state index in [4.69, 9.17) is 25.4 Å². The molecule has 4 N–H and O–H groups in total. The highest BCUT2D eigenvalue weighted by Crippen LogP contribution is 2.34. The average Bonchev–Trinajstić information content (AvgIpc) is 3.46. The first kappa shape index (κ1) is 25.3. The molecule has 33 heavy (non-hydrogen) atoms. The molecule has 2 aliphatic rings. The summed E-state index contributed by atoms with van der Waals surface area (Å²) in [6, 6.07) is 8.97. The Morgan fingerprint density at radius 3 is 2.33 bits per heavy atom. The number of benzene rings is 1. The fraction of sp³-hybridized carbons (Fsp3) is 0.522. The van der Waals surface area contributed by atoms with Crippen molar-refractivity contribution in [2.45, 2.75) is 69.5 Å². The van der Waals surface area contributed by atoms with Crippen LogP contribution in [-0.2, 0) is 0 Å². The molecule has 0 spiro atoms. The molecule has 0 saturated heterocycles. The molecule has 0 bridgehead atoms. The summed E-state index contributed by atoms with van der Waals surface area (Å²) < 4.78 is 7.51. The van der Waals surface area contributed by atoms with E-state index in [9.17, 15) is 0 Å². The Morgan fingerprint density at radius 1 is 0.970 bits per heavy atom. The lowest BCUT2D eigenvalue weighted by Crippen LogP contribution is -2.33. The summed E-state index contributed by atoms with van der Waals surface area (Å²) in [4.78, 5) is 14.4. The maximum absolute atomic E-state index is 6.08. The van der Waals surface area contributed by atoms with Crippen LogP contribution in [0, 0.1) is 0 Å². The number of imidazole rings is 1. The zero-order chi connectivity index (χ0) is 21.2. The molecule has 0 amide bonds. The topological polar surface area (TPSA) is 103 Å². The van der Waals surface area contributed by atoms with Gasteiger partial charge in [0.05, 0.1) is 13.4 Å². The molecule has 0 radical (unpaired) electrons. The Kier molecular flexibility index (Phi) is 8.62. The summed E-state index contributed by atoms with van der Waals surface area (Å²) in [7, 11) is 1.67. The van der Waals surface area contributed by atoms with Crippen molar-refractivity contribution < 1.29 is 4.74 Å². The van der Waals surface area contributed by atoms with E-state index >= 15 is 0 Å². The lowest BCUT2D eigenvalue weighted by molar-refractivity contribution is 0.410. The van der Waals surface area contributed by atoms with Gasteiger partial charge in [-0.25, -0.2) is 4.98 Å². The largest absolute Gasteiger partial charge is 0.497 e. The van der Waals surface area contributed by atoms with Gasteiger partial charge in [-0.3, -0.25) is 0 Å². The molecule has 2 saturated carbocycles. The molecule has 2 heterocycles. The monoisotopic (exact) mass is 493 g/mol. The summed E-state index contributed by atoms with van der Waals surface area (Å²) in [5, 5.41) is 7.01. The predicted molar refractivity (Wildman–Crippen MR) is 137 cm³/mol. The number of methoxy groups -OCH3 is 1. The Labute approximate surface area is 206 Å². The van der Waals surface area contributed by atoms with Gasteiger partial charge in [0.15, 0.2) is 17.0 Å². The third kappa shape index (κ3) is 5.62. The van der Waals surface area contributed by atoms with E-state index < -0.39 is 0 Å². The molecule has 0 aliphatic heterocycles. The second kappa shape index (κ2) is 11.2. The number of nitrogens with zero attached hydrogens (tertiary/aromatic N) is 4. The number of hydrogen-bond acceptors (Lipinski definition) is 7. The minimum absolute atomic E-state index is 0. The highest BCUT2D eigenvalue weighted by Gasteiger charge is 2.24. The number of nitrogens with two attached hydrogens (primary N) is 1. The number of rotatable bonds is 6. The summed E-state index contributed by atoms with van der Waals surface area (Å²) in [5.41, 5.74) is 8.72. The quantitative estimate of drug-likeness (QED) is 0.432. The van der Waals surface area contributed by atoms with Gasteiger partial charge in [0.25, 0.3) is 0 Å². The molecular formula is C23H33Cl2N7O. The number of nitrogens with one attached hydrogen (secondary N) is 2. The molecule has 0 atom stereocenters. The summed E-state index contributed by atoms with van der Waals surface area (Å²) in [6.45, 7) is 0. The number of aromatic nitrogens is 4. The van der Waals surface area contributed by atoms with Crippen molar-refractivity contribution in [2.24, 2.45) is 5.73 Å². The molecule has 1 aromatic carbocycles. The SMILES string of the molecule is COc1ccc(Nc2nc(NC3CCC(N)CC3)nc3c2ncn3C2CCCC2)cc1.Cl.Cl. The average molecular weight is 494 g/mol. The van der Waals surface area contributed by atoms with Gasteiger partial charge in [-0.05, 0) is 62.8 Å². The van der Waals surface area contributed by atoms with E-state index in [0.29, 0.717) is 24.1 Å². The molecule has 2 aromatic heterocycles. The summed E-state index contributed by atoms with van der Waals surface area (Å²) in [6.07, 6.45) is 11.0. The summed E-state index contributed by atoms with van der Waals surface area (Å²) in [5.74, 6) is 2.20. The van der Waals surface area contributed by atoms with E-state index in [2.05, 4.69) is 15.2 Å². The molecule has 10 heteroatoms. The molecule has 3 aromatic rings. The third-order valence-electron chi connectivity index (χ3n) is 6.60. The van der Waals surface area contributed by atoms with Crippen LogP contribution in [0.15, 0.2) is 30.6 Å². The molecule has 5 rings (SSSR count). The minimum atomic E-state index is 0. The van der Waals surface area contributed by atoms with Gasteiger partial charge < -0.3 is 25.7 Å². The van der Waals surface area contributed by atoms with E-state index in [1.54, 1.807) is 7.11 Å². The fourth-order valence-corrected chi connectivity index (χ4v) is 4.78. The first-order chi connectivity index (χ1) is 15.2. The number of anilines is 3. The lowest BCUT2D eigenvalue weighted by atomic mass is 9.92. The highest BCUT2D eigenvalue weighted by atomic mass is 35.5.